The first kappa shape index (κ1) is 18.4. The lowest BCUT2D eigenvalue weighted by atomic mass is 10.3. The smallest absolute Gasteiger partial charge is 0.312 e. The normalized spacial score (nSPS) is 11.6. The molecule has 0 aliphatic rings. The number of ether oxygens (including phenoxy) is 1. The van der Waals surface area contributed by atoms with Gasteiger partial charge in [-0.05, 0) is 18.6 Å². The molecular weight excluding hydrogens is 348 g/mol. The number of benzene rings is 1. The van der Waals surface area contributed by atoms with Gasteiger partial charge in [0.15, 0.2) is 4.80 Å². The highest BCUT2D eigenvalue weighted by Crippen LogP contribution is 2.26. The first-order chi connectivity index (χ1) is 11.5. The minimum Gasteiger partial charge on any atom is -0.408 e. The Kier molecular flexibility index (Phi) is 6.34. The minimum atomic E-state index is -0.385. The Morgan fingerprint density at radius 1 is 1.21 bits per heavy atom. The van der Waals surface area contributed by atoms with Crippen LogP contribution in [-0.4, -0.2) is 16.4 Å². The van der Waals surface area contributed by atoms with Gasteiger partial charge in [0.2, 0.25) is 11.8 Å². The van der Waals surface area contributed by atoms with Crippen molar-refractivity contribution in [3.63, 3.8) is 0 Å². The summed E-state index contributed by atoms with van der Waals surface area (Å²) in [5.41, 5.74) is 0.564. The number of para-hydroxylation sites is 1. The van der Waals surface area contributed by atoms with E-state index in [0.717, 1.165) is 4.88 Å². The average molecular weight is 367 g/mol. The van der Waals surface area contributed by atoms with Gasteiger partial charge in [-0.1, -0.05) is 55.8 Å². The summed E-state index contributed by atoms with van der Waals surface area (Å²) in [7, 11) is 0. The Balaban J connectivity index is 2.69. The second-order valence-corrected chi connectivity index (χ2v) is 6.41. The van der Waals surface area contributed by atoms with Gasteiger partial charge in [-0.3, -0.25) is 9.59 Å². The molecule has 0 aliphatic carbocycles. The number of halogens is 1. The van der Waals surface area contributed by atoms with Crippen LogP contribution in [0.4, 0.5) is 5.69 Å². The van der Waals surface area contributed by atoms with E-state index < -0.39 is 0 Å². The predicted molar refractivity (Wildman–Crippen MR) is 95.2 cm³/mol. The van der Waals surface area contributed by atoms with Gasteiger partial charge in [0.25, 0.3) is 0 Å². The summed E-state index contributed by atoms with van der Waals surface area (Å²) in [6.07, 6.45) is 1.13. The third-order valence-corrected chi connectivity index (χ3v) is 4.77. The van der Waals surface area contributed by atoms with Crippen molar-refractivity contribution in [1.82, 2.24) is 4.57 Å². The van der Waals surface area contributed by atoms with Gasteiger partial charge < -0.3 is 4.74 Å². The Labute approximate surface area is 149 Å². The zero-order chi connectivity index (χ0) is 17.7. The van der Waals surface area contributed by atoms with Crippen molar-refractivity contribution in [1.29, 1.82) is 0 Å². The lowest BCUT2D eigenvalue weighted by Crippen LogP contribution is -2.24. The van der Waals surface area contributed by atoms with Gasteiger partial charge in [-0.25, -0.2) is 9.56 Å². The summed E-state index contributed by atoms with van der Waals surface area (Å²) in [5.74, 6) is -0.299. The third kappa shape index (κ3) is 3.94. The zero-order valence-corrected chi connectivity index (χ0v) is 15.4. The topological polar surface area (TPSA) is 60.7 Å². The molecule has 2 aromatic rings. The number of rotatable bonds is 5. The number of hydrogen-bond donors (Lipinski definition) is 0. The molecule has 0 amide bonds. The Morgan fingerprint density at radius 3 is 2.50 bits per heavy atom. The van der Waals surface area contributed by atoms with Gasteiger partial charge in [0.1, 0.15) is 0 Å². The highest BCUT2D eigenvalue weighted by molar-refractivity contribution is 7.09. The van der Waals surface area contributed by atoms with E-state index in [1.54, 1.807) is 26.0 Å². The van der Waals surface area contributed by atoms with Gasteiger partial charge in [0.05, 0.1) is 15.6 Å². The first-order valence-corrected chi connectivity index (χ1v) is 8.99. The summed E-state index contributed by atoms with van der Waals surface area (Å²) in [5, 5.41) is 0.492. The Hall–Kier alpha value is -1.92. The highest BCUT2D eigenvalue weighted by Gasteiger charge is 2.20. The number of carbonyl (C=O) groups excluding carboxylic acids is 2. The molecule has 0 saturated heterocycles. The zero-order valence-electron chi connectivity index (χ0n) is 13.8. The standard InChI is InChI=1S/C17H19ClN2O3S/c1-4-13-16(23-15(22)6-3)20(14(21)5-2)17(24-13)19-12-10-8-7-9-11(12)18/h7-10H,4-6H2,1-3H3. The lowest BCUT2D eigenvalue weighted by molar-refractivity contribution is -0.134. The molecule has 0 N–H and O–H groups in total. The summed E-state index contributed by atoms with van der Waals surface area (Å²) in [6.45, 7) is 5.40. The molecule has 1 aromatic heterocycles. The fourth-order valence-corrected chi connectivity index (χ4v) is 3.20. The van der Waals surface area contributed by atoms with Crippen LogP contribution in [0.3, 0.4) is 0 Å². The first-order valence-electron chi connectivity index (χ1n) is 7.79. The molecule has 2 rings (SSSR count). The van der Waals surface area contributed by atoms with Crippen LogP contribution in [0, 0.1) is 0 Å². The molecule has 0 atom stereocenters. The van der Waals surface area contributed by atoms with E-state index in [4.69, 9.17) is 16.3 Å². The van der Waals surface area contributed by atoms with Crippen LogP contribution >= 0.6 is 22.9 Å². The Morgan fingerprint density at radius 2 is 1.92 bits per heavy atom. The second kappa shape index (κ2) is 8.26. The quantitative estimate of drug-likeness (QED) is 0.738. The van der Waals surface area contributed by atoms with Crippen LogP contribution in [0.1, 0.15) is 43.3 Å². The average Bonchev–Trinajstić information content (AvgIpc) is 2.93. The van der Waals surface area contributed by atoms with Crippen molar-refractivity contribution in [2.45, 2.75) is 40.0 Å². The van der Waals surface area contributed by atoms with Crippen molar-refractivity contribution in [2.24, 2.45) is 4.99 Å². The Bertz CT molecular complexity index is 823. The van der Waals surface area contributed by atoms with E-state index in [0.29, 0.717) is 21.9 Å². The minimum absolute atomic E-state index is 0.185. The SMILES string of the molecule is CCC(=O)Oc1c(CC)sc(=Nc2ccccc2Cl)n1C(=O)CC. The summed E-state index contributed by atoms with van der Waals surface area (Å²) in [6, 6.07) is 7.14. The molecule has 0 aliphatic heterocycles. The maximum atomic E-state index is 12.4. The highest BCUT2D eigenvalue weighted by atomic mass is 35.5. The van der Waals surface area contributed by atoms with E-state index in [2.05, 4.69) is 4.99 Å². The summed E-state index contributed by atoms with van der Waals surface area (Å²) < 4.78 is 6.78. The van der Waals surface area contributed by atoms with E-state index in [-0.39, 0.29) is 30.6 Å². The van der Waals surface area contributed by atoms with Crippen LogP contribution in [0.2, 0.25) is 5.02 Å². The predicted octanol–water partition coefficient (Wildman–Crippen LogP) is 4.36. The lowest BCUT2D eigenvalue weighted by Gasteiger charge is -2.08. The maximum absolute atomic E-state index is 12.4. The van der Waals surface area contributed by atoms with Crippen molar-refractivity contribution in [3.8, 4) is 5.88 Å². The largest absolute Gasteiger partial charge is 0.408 e. The molecule has 24 heavy (non-hydrogen) atoms. The number of carbonyl (C=O) groups is 2. The molecule has 128 valence electrons. The third-order valence-electron chi connectivity index (χ3n) is 3.29. The number of aryl methyl sites for hydroxylation is 1. The summed E-state index contributed by atoms with van der Waals surface area (Å²) >= 11 is 7.48. The van der Waals surface area contributed by atoms with Crippen molar-refractivity contribution in [2.75, 3.05) is 0 Å². The molecule has 0 bridgehead atoms. The number of nitrogens with zero attached hydrogens (tertiary/aromatic N) is 2. The molecule has 5 nitrogen and oxygen atoms in total. The number of aromatic nitrogens is 1. The van der Waals surface area contributed by atoms with E-state index in [9.17, 15) is 9.59 Å². The number of hydrogen-bond acceptors (Lipinski definition) is 5. The van der Waals surface area contributed by atoms with Crippen molar-refractivity contribution >= 4 is 40.5 Å². The van der Waals surface area contributed by atoms with Crippen LogP contribution < -0.4 is 9.54 Å². The maximum Gasteiger partial charge on any atom is 0.312 e. The van der Waals surface area contributed by atoms with E-state index >= 15 is 0 Å². The fourth-order valence-electron chi connectivity index (χ4n) is 2.01. The van der Waals surface area contributed by atoms with E-state index in [1.165, 1.54) is 15.9 Å². The number of thiazole rings is 1. The molecule has 0 spiro atoms. The van der Waals surface area contributed by atoms with Crippen molar-refractivity contribution in [3.05, 3.63) is 39.0 Å². The molecule has 0 saturated carbocycles. The van der Waals surface area contributed by atoms with Gasteiger partial charge >= 0.3 is 5.97 Å². The van der Waals surface area contributed by atoms with Gasteiger partial charge in [-0.2, -0.15) is 0 Å². The van der Waals surface area contributed by atoms with Crippen LogP contribution in [0.5, 0.6) is 5.88 Å². The number of esters is 1. The summed E-state index contributed by atoms with van der Waals surface area (Å²) in [4.78, 5) is 29.9. The second-order valence-electron chi connectivity index (χ2n) is 4.94. The molecule has 0 unspecified atom stereocenters. The molecular formula is C17H19ClN2O3S. The monoisotopic (exact) mass is 366 g/mol. The van der Waals surface area contributed by atoms with Gasteiger partial charge in [-0.15, -0.1) is 0 Å². The van der Waals surface area contributed by atoms with Gasteiger partial charge in [0, 0.05) is 12.8 Å². The molecule has 1 heterocycles. The van der Waals surface area contributed by atoms with E-state index in [1.807, 2.05) is 19.1 Å². The van der Waals surface area contributed by atoms with Crippen molar-refractivity contribution < 1.29 is 14.3 Å². The van der Waals surface area contributed by atoms with Crippen LogP contribution in [-0.2, 0) is 11.2 Å². The molecule has 1 aromatic carbocycles. The molecule has 0 radical (unpaired) electrons. The molecule has 7 heteroatoms. The van der Waals surface area contributed by atoms with Crippen LogP contribution in [0.15, 0.2) is 29.3 Å². The fraction of sp³-hybridized carbons (Fsp3) is 0.353. The van der Waals surface area contributed by atoms with Crippen LogP contribution in [0.25, 0.3) is 0 Å². The molecule has 0 fully saturated rings.